The topological polar surface area (TPSA) is 36.4 Å². The number of benzene rings is 2. The fraction of sp³-hybridized carbons (Fsp3) is 0.300. The van der Waals surface area contributed by atoms with Gasteiger partial charge in [-0.25, -0.2) is 4.98 Å². The smallest absolute Gasteiger partial charge is 0.254 e. The van der Waals surface area contributed by atoms with Crippen LogP contribution in [0.25, 0.3) is 10.2 Å². The second-order valence-corrected chi connectivity index (χ2v) is 8.56. The van der Waals surface area contributed by atoms with Crippen molar-refractivity contribution in [3.05, 3.63) is 57.6 Å². The third-order valence-electron chi connectivity index (χ3n) is 4.84. The molecular weight excluding hydrogens is 410 g/mol. The zero-order chi connectivity index (χ0) is 18.3. The van der Waals surface area contributed by atoms with Crippen LogP contribution in [0.15, 0.2) is 40.9 Å². The van der Waals surface area contributed by atoms with Gasteiger partial charge in [-0.15, -0.1) is 0 Å². The van der Waals surface area contributed by atoms with E-state index in [1.165, 1.54) is 15.8 Å². The van der Waals surface area contributed by atoms with E-state index in [1.807, 2.05) is 29.2 Å². The van der Waals surface area contributed by atoms with Gasteiger partial charge in [-0.05, 0) is 43.2 Å². The van der Waals surface area contributed by atoms with Crippen LogP contribution in [0, 0.1) is 13.8 Å². The van der Waals surface area contributed by atoms with Crippen LogP contribution >= 0.6 is 27.3 Å². The second kappa shape index (κ2) is 7.00. The molecule has 1 fully saturated rings. The maximum absolute atomic E-state index is 12.7. The normalized spacial score (nSPS) is 14.9. The summed E-state index contributed by atoms with van der Waals surface area (Å²) in [5.74, 6) is 0.0990. The third kappa shape index (κ3) is 3.23. The van der Waals surface area contributed by atoms with Crippen molar-refractivity contribution in [2.24, 2.45) is 0 Å². The van der Waals surface area contributed by atoms with E-state index in [1.54, 1.807) is 11.3 Å². The maximum atomic E-state index is 12.7. The summed E-state index contributed by atoms with van der Waals surface area (Å²) in [7, 11) is 0. The highest BCUT2D eigenvalue weighted by atomic mass is 79.9. The summed E-state index contributed by atoms with van der Waals surface area (Å²) in [6.07, 6.45) is 0. The molecule has 2 aromatic carbocycles. The van der Waals surface area contributed by atoms with Crippen LogP contribution in [0.1, 0.15) is 21.5 Å². The molecule has 0 saturated carbocycles. The molecule has 1 saturated heterocycles. The lowest BCUT2D eigenvalue weighted by atomic mass is 10.1. The molecule has 1 aliphatic rings. The summed E-state index contributed by atoms with van der Waals surface area (Å²) in [6.45, 7) is 7.33. The van der Waals surface area contributed by atoms with Crippen molar-refractivity contribution in [1.29, 1.82) is 0 Å². The summed E-state index contributed by atoms with van der Waals surface area (Å²) in [5, 5.41) is 1.06. The molecule has 26 heavy (non-hydrogen) atoms. The Bertz CT molecular complexity index is 937. The van der Waals surface area contributed by atoms with E-state index in [0.29, 0.717) is 0 Å². The number of anilines is 1. The molecule has 1 amide bonds. The first-order valence-corrected chi connectivity index (χ1v) is 10.3. The molecule has 1 aromatic heterocycles. The molecule has 0 radical (unpaired) electrons. The third-order valence-corrected chi connectivity index (χ3v) is 6.58. The molecule has 3 aromatic rings. The van der Waals surface area contributed by atoms with Crippen LogP contribution in [0.4, 0.5) is 5.13 Å². The lowest BCUT2D eigenvalue weighted by Gasteiger charge is -2.34. The summed E-state index contributed by atoms with van der Waals surface area (Å²) in [4.78, 5) is 21.8. The highest BCUT2D eigenvalue weighted by Gasteiger charge is 2.24. The van der Waals surface area contributed by atoms with Gasteiger partial charge in [0.2, 0.25) is 0 Å². The van der Waals surface area contributed by atoms with E-state index in [0.717, 1.165) is 46.9 Å². The zero-order valence-electron chi connectivity index (χ0n) is 14.8. The Labute approximate surface area is 165 Å². The predicted octanol–water partition coefficient (Wildman–Crippen LogP) is 4.64. The lowest BCUT2D eigenvalue weighted by molar-refractivity contribution is 0.0746. The minimum Gasteiger partial charge on any atom is -0.345 e. The molecule has 0 unspecified atom stereocenters. The van der Waals surface area contributed by atoms with Crippen molar-refractivity contribution >= 4 is 48.5 Å². The van der Waals surface area contributed by atoms with Crippen molar-refractivity contribution < 1.29 is 4.79 Å². The van der Waals surface area contributed by atoms with Crippen LogP contribution < -0.4 is 4.90 Å². The van der Waals surface area contributed by atoms with Crippen LogP contribution in [-0.2, 0) is 0 Å². The van der Waals surface area contributed by atoms with E-state index < -0.39 is 0 Å². The number of carbonyl (C=O) groups excluding carboxylic acids is 1. The van der Waals surface area contributed by atoms with Gasteiger partial charge in [0.1, 0.15) is 0 Å². The number of amides is 1. The van der Waals surface area contributed by atoms with Gasteiger partial charge in [0.15, 0.2) is 5.13 Å². The number of aryl methyl sites for hydroxylation is 2. The Morgan fingerprint density at radius 3 is 2.50 bits per heavy atom. The molecule has 1 aliphatic heterocycles. The number of nitrogens with zero attached hydrogens (tertiary/aromatic N) is 3. The van der Waals surface area contributed by atoms with Gasteiger partial charge in [0.05, 0.1) is 10.2 Å². The zero-order valence-corrected chi connectivity index (χ0v) is 17.2. The first-order chi connectivity index (χ1) is 12.5. The fourth-order valence-electron chi connectivity index (χ4n) is 3.29. The molecule has 0 N–H and O–H groups in total. The summed E-state index contributed by atoms with van der Waals surface area (Å²) < 4.78 is 2.20. The van der Waals surface area contributed by atoms with Gasteiger partial charge in [-0.2, -0.15) is 0 Å². The summed E-state index contributed by atoms with van der Waals surface area (Å²) in [5.41, 5.74) is 4.34. The quantitative estimate of drug-likeness (QED) is 0.595. The van der Waals surface area contributed by atoms with Gasteiger partial charge >= 0.3 is 0 Å². The number of rotatable bonds is 2. The molecule has 0 spiro atoms. The van der Waals surface area contributed by atoms with Crippen molar-refractivity contribution in [2.75, 3.05) is 31.1 Å². The molecule has 4 rings (SSSR count). The van der Waals surface area contributed by atoms with E-state index in [9.17, 15) is 4.79 Å². The number of piperazine rings is 1. The number of fused-ring (bicyclic) bond motifs is 1. The molecule has 4 nitrogen and oxygen atoms in total. The Hall–Kier alpha value is -1.92. The van der Waals surface area contributed by atoms with Gasteiger partial charge in [-0.3, -0.25) is 4.79 Å². The Morgan fingerprint density at radius 2 is 1.81 bits per heavy atom. The summed E-state index contributed by atoms with van der Waals surface area (Å²) >= 11 is 5.19. The van der Waals surface area contributed by atoms with Crippen molar-refractivity contribution in [3.8, 4) is 0 Å². The van der Waals surface area contributed by atoms with Crippen LogP contribution in [0.3, 0.4) is 0 Å². The van der Waals surface area contributed by atoms with E-state index >= 15 is 0 Å². The number of hydrogen-bond acceptors (Lipinski definition) is 4. The first kappa shape index (κ1) is 17.5. The minimum atomic E-state index is 0.0990. The maximum Gasteiger partial charge on any atom is 0.254 e. The molecule has 0 aliphatic carbocycles. The van der Waals surface area contributed by atoms with Gasteiger partial charge < -0.3 is 9.80 Å². The van der Waals surface area contributed by atoms with Crippen LogP contribution in [-0.4, -0.2) is 42.0 Å². The first-order valence-electron chi connectivity index (χ1n) is 8.69. The van der Waals surface area contributed by atoms with E-state index in [4.69, 9.17) is 4.98 Å². The Morgan fingerprint density at radius 1 is 1.08 bits per heavy atom. The summed E-state index contributed by atoms with van der Waals surface area (Å²) in [6, 6.07) is 11.9. The molecule has 6 heteroatoms. The van der Waals surface area contributed by atoms with Gasteiger partial charge in [0, 0.05) is 36.2 Å². The highest BCUT2D eigenvalue weighted by Crippen LogP contribution is 2.33. The number of thiazole rings is 1. The van der Waals surface area contributed by atoms with Crippen LogP contribution in [0.5, 0.6) is 0 Å². The van der Waals surface area contributed by atoms with Crippen molar-refractivity contribution in [3.63, 3.8) is 0 Å². The number of hydrogen-bond donors (Lipinski definition) is 0. The highest BCUT2D eigenvalue weighted by molar-refractivity contribution is 9.10. The lowest BCUT2D eigenvalue weighted by Crippen LogP contribution is -2.48. The van der Waals surface area contributed by atoms with E-state index in [2.05, 4.69) is 46.8 Å². The average Bonchev–Trinajstić information content (AvgIpc) is 3.11. The monoisotopic (exact) mass is 429 g/mol. The standard InChI is InChI=1S/C20H20BrN3OS/c1-13-6-7-14(2)18-17(13)22-20(26-18)24-10-8-23(9-11-24)19(25)15-4-3-5-16(21)12-15/h3-7,12H,8-11H2,1-2H3. The average molecular weight is 430 g/mol. The molecule has 2 heterocycles. The fourth-order valence-corrected chi connectivity index (χ4v) is 4.85. The Balaban J connectivity index is 1.49. The number of carbonyl (C=O) groups is 1. The van der Waals surface area contributed by atoms with Crippen molar-refractivity contribution in [2.45, 2.75) is 13.8 Å². The molecule has 134 valence electrons. The number of halogens is 1. The largest absolute Gasteiger partial charge is 0.345 e. The predicted molar refractivity (Wildman–Crippen MR) is 111 cm³/mol. The minimum absolute atomic E-state index is 0.0990. The van der Waals surface area contributed by atoms with Gasteiger partial charge in [0.25, 0.3) is 5.91 Å². The molecular formula is C20H20BrN3OS. The van der Waals surface area contributed by atoms with Gasteiger partial charge in [-0.1, -0.05) is 45.5 Å². The number of aromatic nitrogens is 1. The van der Waals surface area contributed by atoms with E-state index in [-0.39, 0.29) is 5.91 Å². The Kier molecular flexibility index (Phi) is 4.71. The molecule has 0 atom stereocenters. The van der Waals surface area contributed by atoms with Crippen molar-refractivity contribution in [1.82, 2.24) is 9.88 Å². The second-order valence-electron chi connectivity index (χ2n) is 6.66. The van der Waals surface area contributed by atoms with Crippen LogP contribution in [0.2, 0.25) is 0 Å². The molecule has 0 bridgehead atoms. The SMILES string of the molecule is Cc1ccc(C)c2sc(N3CCN(C(=O)c4cccc(Br)c4)CC3)nc12.